The monoisotopic (exact) mass is 303 g/mol. The summed E-state index contributed by atoms with van der Waals surface area (Å²) in [5.74, 6) is -2.42. The summed E-state index contributed by atoms with van der Waals surface area (Å²) in [6, 6.07) is 1.94. The van der Waals surface area contributed by atoms with Gasteiger partial charge in [0.1, 0.15) is 11.6 Å². The Morgan fingerprint density at radius 2 is 1.55 bits per heavy atom. The molecule has 1 aliphatic rings. The van der Waals surface area contributed by atoms with E-state index >= 15 is 0 Å². The van der Waals surface area contributed by atoms with Crippen molar-refractivity contribution in [3.05, 3.63) is 34.4 Å². The molecule has 0 aliphatic carbocycles. The lowest BCUT2D eigenvalue weighted by Gasteiger charge is -2.32. The number of nitrogens with two attached hydrogens (primary N) is 1. The smallest absolute Gasteiger partial charge is 0.402 e. The van der Waals surface area contributed by atoms with E-state index in [9.17, 15) is 8.78 Å². The van der Waals surface area contributed by atoms with Crippen LogP contribution in [-0.2, 0) is 9.31 Å². The highest BCUT2D eigenvalue weighted by Gasteiger charge is 2.54. The Morgan fingerprint density at radius 3 is 2.05 bits per heavy atom. The van der Waals surface area contributed by atoms with E-state index < -0.39 is 35.9 Å². The number of hydrogen-bond donors (Lipinski definition) is 1. The van der Waals surface area contributed by atoms with Crippen LogP contribution in [0.2, 0.25) is 5.02 Å². The van der Waals surface area contributed by atoms with Crippen molar-refractivity contribution in [1.29, 1.82) is 0 Å². The fourth-order valence-corrected chi connectivity index (χ4v) is 2.30. The lowest BCUT2D eigenvalue weighted by atomic mass is 9.74. The quantitative estimate of drug-likeness (QED) is 0.674. The maximum Gasteiger partial charge on any atom is 0.480 e. The molecule has 1 heterocycles. The first-order chi connectivity index (χ1) is 9.07. The molecule has 110 valence electrons. The van der Waals surface area contributed by atoms with Crippen molar-refractivity contribution in [1.82, 2.24) is 0 Å². The van der Waals surface area contributed by atoms with E-state index in [1.807, 2.05) is 27.7 Å². The van der Waals surface area contributed by atoms with E-state index in [0.717, 1.165) is 12.1 Å². The fraction of sp³-hybridized carbons (Fsp3) is 0.538. The van der Waals surface area contributed by atoms with Gasteiger partial charge in [-0.3, -0.25) is 0 Å². The van der Waals surface area contributed by atoms with Gasteiger partial charge in [-0.2, -0.15) is 0 Å². The maximum absolute atomic E-state index is 13.9. The third kappa shape index (κ3) is 2.46. The van der Waals surface area contributed by atoms with Crippen LogP contribution < -0.4 is 5.73 Å². The molecule has 0 bridgehead atoms. The molecule has 3 nitrogen and oxygen atoms in total. The van der Waals surface area contributed by atoms with Gasteiger partial charge in [-0.25, -0.2) is 8.78 Å². The summed E-state index contributed by atoms with van der Waals surface area (Å²) in [6.45, 7) is 7.40. The standard InChI is InChI=1S/C13H17BClF2NO2/c1-12(2)13(3,4)20-14(19-12)11(18)9-7(16)5-6-8(17)10(9)15/h5-6,11H,18H2,1-4H3/t11-/m0/s1. The Hall–Kier alpha value is -0.685. The second kappa shape index (κ2) is 4.95. The lowest BCUT2D eigenvalue weighted by molar-refractivity contribution is 0.00578. The van der Waals surface area contributed by atoms with Crippen LogP contribution in [0.4, 0.5) is 8.78 Å². The molecule has 7 heteroatoms. The first-order valence-corrected chi connectivity index (χ1v) is 6.69. The Labute approximate surface area is 122 Å². The van der Waals surface area contributed by atoms with E-state index in [1.54, 1.807) is 0 Å². The highest BCUT2D eigenvalue weighted by molar-refractivity contribution is 6.48. The second-order valence-corrected chi connectivity index (χ2v) is 6.29. The van der Waals surface area contributed by atoms with Gasteiger partial charge >= 0.3 is 7.12 Å². The average molecular weight is 304 g/mol. The van der Waals surface area contributed by atoms with E-state index in [1.165, 1.54) is 0 Å². The molecule has 0 unspecified atom stereocenters. The Balaban J connectivity index is 2.35. The van der Waals surface area contributed by atoms with Crippen molar-refractivity contribution in [3.8, 4) is 0 Å². The highest BCUT2D eigenvalue weighted by atomic mass is 35.5. The third-order valence-corrected chi connectivity index (χ3v) is 4.36. The van der Waals surface area contributed by atoms with Crippen LogP contribution in [0.3, 0.4) is 0 Å². The molecule has 2 N–H and O–H groups in total. The van der Waals surface area contributed by atoms with Gasteiger partial charge in [-0.15, -0.1) is 0 Å². The van der Waals surface area contributed by atoms with Crippen molar-refractivity contribution in [2.75, 3.05) is 0 Å². The molecular weight excluding hydrogens is 286 g/mol. The molecule has 2 rings (SSSR count). The van der Waals surface area contributed by atoms with Gasteiger partial charge in [-0.05, 0) is 39.8 Å². The van der Waals surface area contributed by atoms with E-state index in [4.69, 9.17) is 26.6 Å². The summed E-state index contributed by atoms with van der Waals surface area (Å²) in [5, 5.41) is -0.341. The zero-order chi connectivity index (χ0) is 15.3. The molecule has 1 fully saturated rings. The summed E-state index contributed by atoms with van der Waals surface area (Å²) in [6.07, 6.45) is 0. The van der Waals surface area contributed by atoms with Crippen LogP contribution in [0.1, 0.15) is 39.2 Å². The molecule has 1 aromatic carbocycles. The topological polar surface area (TPSA) is 44.5 Å². The van der Waals surface area contributed by atoms with E-state index in [-0.39, 0.29) is 10.6 Å². The number of hydrogen-bond acceptors (Lipinski definition) is 3. The number of benzene rings is 1. The van der Waals surface area contributed by atoms with Crippen LogP contribution in [0, 0.1) is 11.6 Å². The molecule has 1 atom stereocenters. The first kappa shape index (κ1) is 15.7. The van der Waals surface area contributed by atoms with Crippen LogP contribution in [0.15, 0.2) is 12.1 Å². The van der Waals surface area contributed by atoms with Crippen molar-refractivity contribution < 1.29 is 18.1 Å². The van der Waals surface area contributed by atoms with E-state index in [2.05, 4.69) is 0 Å². The van der Waals surface area contributed by atoms with Gasteiger partial charge in [0, 0.05) is 5.56 Å². The predicted octanol–water partition coefficient (Wildman–Crippen LogP) is 3.25. The first-order valence-electron chi connectivity index (χ1n) is 6.31. The number of halogens is 3. The van der Waals surface area contributed by atoms with Crippen LogP contribution >= 0.6 is 11.6 Å². The summed E-state index contributed by atoms with van der Waals surface area (Å²) in [5.41, 5.74) is 4.63. The predicted molar refractivity (Wildman–Crippen MR) is 74.4 cm³/mol. The normalized spacial score (nSPS) is 22.1. The van der Waals surface area contributed by atoms with Gasteiger partial charge in [0.15, 0.2) is 0 Å². The zero-order valence-corrected chi connectivity index (χ0v) is 12.6. The van der Waals surface area contributed by atoms with Crippen molar-refractivity contribution in [2.24, 2.45) is 5.73 Å². The van der Waals surface area contributed by atoms with Crippen LogP contribution in [0.5, 0.6) is 0 Å². The average Bonchev–Trinajstić information content (AvgIpc) is 2.54. The molecular formula is C13H17BClF2NO2. The highest BCUT2D eigenvalue weighted by Crippen LogP contribution is 2.41. The minimum absolute atomic E-state index is 0.134. The van der Waals surface area contributed by atoms with E-state index in [0.29, 0.717) is 0 Å². The van der Waals surface area contributed by atoms with Gasteiger partial charge in [0.2, 0.25) is 0 Å². The second-order valence-electron chi connectivity index (χ2n) is 5.91. The largest absolute Gasteiger partial charge is 0.480 e. The minimum atomic E-state index is -1.01. The summed E-state index contributed by atoms with van der Waals surface area (Å²) in [4.78, 5) is 0. The fourth-order valence-electron chi connectivity index (χ4n) is 2.02. The molecule has 0 aromatic heterocycles. The van der Waals surface area contributed by atoms with Gasteiger partial charge in [0.05, 0.1) is 22.2 Å². The SMILES string of the molecule is CC1(C)OB([C@@H](N)c2c(F)ccc(F)c2Cl)OC1(C)C. The minimum Gasteiger partial charge on any atom is -0.402 e. The molecule has 20 heavy (non-hydrogen) atoms. The van der Waals surface area contributed by atoms with Gasteiger partial charge in [0.25, 0.3) is 0 Å². The van der Waals surface area contributed by atoms with Gasteiger partial charge < -0.3 is 15.0 Å². The molecule has 1 aromatic rings. The Bertz CT molecular complexity index is 523. The number of rotatable bonds is 2. The zero-order valence-electron chi connectivity index (χ0n) is 11.8. The Kier molecular flexibility index (Phi) is 3.88. The summed E-state index contributed by atoms with van der Waals surface area (Å²) in [7, 11) is -0.895. The molecule has 0 amide bonds. The molecule has 0 radical (unpaired) electrons. The van der Waals surface area contributed by atoms with Crippen molar-refractivity contribution >= 4 is 18.7 Å². The maximum atomic E-state index is 13.9. The molecule has 0 spiro atoms. The van der Waals surface area contributed by atoms with Crippen LogP contribution in [0.25, 0.3) is 0 Å². The molecule has 1 aliphatic heterocycles. The third-order valence-electron chi connectivity index (χ3n) is 3.98. The van der Waals surface area contributed by atoms with Crippen molar-refractivity contribution in [2.45, 2.75) is 44.8 Å². The van der Waals surface area contributed by atoms with Crippen LogP contribution in [-0.4, -0.2) is 18.3 Å². The van der Waals surface area contributed by atoms with Crippen molar-refractivity contribution in [3.63, 3.8) is 0 Å². The lowest BCUT2D eigenvalue weighted by Crippen LogP contribution is -2.41. The summed E-state index contributed by atoms with van der Waals surface area (Å²) >= 11 is 5.81. The van der Waals surface area contributed by atoms with Gasteiger partial charge in [-0.1, -0.05) is 11.6 Å². The molecule has 1 saturated heterocycles. The summed E-state index contributed by atoms with van der Waals surface area (Å²) < 4.78 is 38.8. The molecule has 0 saturated carbocycles. The Morgan fingerprint density at radius 1 is 1.10 bits per heavy atom.